The molecule has 0 bridgehead atoms. The van der Waals surface area contributed by atoms with Crippen molar-refractivity contribution in [1.29, 1.82) is 0 Å². The molecule has 3 N–H and O–H groups in total. The second-order valence-electron chi connectivity index (χ2n) is 13.0. The average Bonchev–Trinajstić information content (AvgIpc) is 3.30. The fourth-order valence-electron chi connectivity index (χ4n) is 6.00. The van der Waals surface area contributed by atoms with Crippen molar-refractivity contribution >= 4 is 39.1 Å². The summed E-state index contributed by atoms with van der Waals surface area (Å²) in [5.74, 6) is -1.11. The van der Waals surface area contributed by atoms with E-state index in [0.717, 1.165) is 57.7 Å². The number of aliphatic carboxylic acids is 1. The monoisotopic (exact) mass is 670 g/mol. The summed E-state index contributed by atoms with van der Waals surface area (Å²) in [6.45, 7) is 5.31. The van der Waals surface area contributed by atoms with Gasteiger partial charge in [0.05, 0.1) is 5.69 Å². The quantitative estimate of drug-likeness (QED) is 0.199. The molecule has 13 heteroatoms. The highest BCUT2D eigenvalue weighted by Crippen LogP contribution is 2.45. The molecule has 0 aliphatic heterocycles. The van der Waals surface area contributed by atoms with Crippen molar-refractivity contribution in [2.75, 3.05) is 26.7 Å². The molecule has 1 heterocycles. The Kier molecular flexibility index (Phi) is 11.6. The molecule has 4 rings (SSSR count). The van der Waals surface area contributed by atoms with Gasteiger partial charge in [-0.2, -0.15) is 12.7 Å². The van der Waals surface area contributed by atoms with Crippen molar-refractivity contribution in [2.24, 2.45) is 7.05 Å². The van der Waals surface area contributed by atoms with Crippen molar-refractivity contribution in [2.45, 2.75) is 77.2 Å². The van der Waals surface area contributed by atoms with E-state index >= 15 is 0 Å². The summed E-state index contributed by atoms with van der Waals surface area (Å²) in [7, 11) is -0.847. The Hall–Kier alpha value is -4.10. The van der Waals surface area contributed by atoms with Gasteiger partial charge in [0.15, 0.2) is 6.61 Å². The van der Waals surface area contributed by atoms with E-state index in [0.29, 0.717) is 25.1 Å². The highest BCUT2D eigenvalue weighted by molar-refractivity contribution is 7.87. The van der Waals surface area contributed by atoms with Crippen molar-refractivity contribution in [1.82, 2.24) is 18.9 Å². The minimum Gasteiger partial charge on any atom is -0.481 e. The van der Waals surface area contributed by atoms with Crippen LogP contribution in [0.25, 0.3) is 22.2 Å². The van der Waals surface area contributed by atoms with Crippen molar-refractivity contribution < 1.29 is 37.4 Å². The molecule has 1 aliphatic rings. The van der Waals surface area contributed by atoms with Crippen LogP contribution in [0, 0.1) is 0 Å². The molecular weight excluding hydrogens is 624 g/mol. The van der Waals surface area contributed by atoms with Crippen molar-refractivity contribution in [3.05, 3.63) is 53.6 Å². The van der Waals surface area contributed by atoms with E-state index in [1.807, 2.05) is 29.8 Å². The summed E-state index contributed by atoms with van der Waals surface area (Å²) in [5.41, 5.74) is 3.10. The second kappa shape index (κ2) is 15.2. The molecule has 0 spiro atoms. The zero-order chi connectivity index (χ0) is 34.4. The van der Waals surface area contributed by atoms with E-state index in [1.165, 1.54) is 13.5 Å². The minimum absolute atomic E-state index is 0.146. The van der Waals surface area contributed by atoms with Crippen LogP contribution in [0.3, 0.4) is 0 Å². The lowest BCUT2D eigenvalue weighted by molar-refractivity contribution is -0.139. The van der Waals surface area contributed by atoms with Crippen LogP contribution in [0.15, 0.2) is 42.5 Å². The first-order valence-electron chi connectivity index (χ1n) is 16.0. The number of hydrogen-bond acceptors (Lipinski definition) is 7. The van der Waals surface area contributed by atoms with Gasteiger partial charge in [0.25, 0.3) is 5.91 Å². The maximum atomic E-state index is 13.3. The van der Waals surface area contributed by atoms with Gasteiger partial charge in [-0.05, 0) is 82.2 Å². The van der Waals surface area contributed by atoms with Crippen LogP contribution < -0.4 is 14.8 Å². The number of alkyl carbamates (subject to hydrolysis) is 1. The predicted octanol–water partition coefficient (Wildman–Crippen LogP) is 5.57. The van der Waals surface area contributed by atoms with Crippen molar-refractivity contribution in [3.63, 3.8) is 0 Å². The van der Waals surface area contributed by atoms with Crippen LogP contribution in [0.2, 0.25) is 0 Å². The number of benzene rings is 2. The maximum Gasteiger partial charge on any atom is 0.407 e. The molecule has 12 nitrogen and oxygen atoms in total. The van der Waals surface area contributed by atoms with Crippen LogP contribution >= 0.6 is 0 Å². The topological polar surface area (TPSA) is 156 Å². The number of carboxylic acids is 1. The summed E-state index contributed by atoms with van der Waals surface area (Å²) in [4.78, 5) is 36.4. The number of aryl methyl sites for hydroxylation is 1. The molecule has 0 unspecified atom stereocenters. The van der Waals surface area contributed by atoms with Gasteiger partial charge in [-0.1, -0.05) is 37.5 Å². The number of rotatable bonds is 13. The normalized spacial score (nSPS) is 14.3. The first kappa shape index (κ1) is 35.7. The van der Waals surface area contributed by atoms with Gasteiger partial charge < -0.3 is 24.5 Å². The molecule has 2 amide bonds. The average molecular weight is 671 g/mol. The number of nitrogens with zero attached hydrogens (tertiary/aromatic N) is 2. The number of ether oxygens (including phenoxy) is 2. The number of unbranched alkanes of at least 4 members (excludes halogenated alkanes) is 1. The number of hydrogen-bond donors (Lipinski definition) is 3. The third-order valence-corrected chi connectivity index (χ3v) is 9.66. The number of amides is 2. The molecule has 1 aliphatic carbocycles. The number of nitrogens with one attached hydrogen (secondary N) is 2. The number of para-hydroxylation sites is 1. The lowest BCUT2D eigenvalue weighted by Gasteiger charge is -2.24. The summed E-state index contributed by atoms with van der Waals surface area (Å²) in [6, 6.07) is 12.5. The predicted molar refractivity (Wildman–Crippen MR) is 180 cm³/mol. The fourth-order valence-corrected chi connectivity index (χ4v) is 6.88. The molecule has 3 aromatic rings. The van der Waals surface area contributed by atoms with E-state index in [-0.39, 0.29) is 18.0 Å². The number of fused-ring (bicyclic) bond motifs is 1. The van der Waals surface area contributed by atoms with Gasteiger partial charge in [0.2, 0.25) is 0 Å². The highest BCUT2D eigenvalue weighted by atomic mass is 32.2. The maximum absolute atomic E-state index is 13.3. The van der Waals surface area contributed by atoms with Crippen LogP contribution in [0.4, 0.5) is 4.79 Å². The SMILES string of the molecule is CN(CCCCNC(=O)OC(C)(C)C)S(=O)(=O)NC(=O)c1ccc2c(C3CCCCC3)c(-c3ccccc3OCC(=O)O)n(C)c2c1. The van der Waals surface area contributed by atoms with E-state index < -0.39 is 40.4 Å². The number of carbonyl (C=O) groups is 3. The van der Waals surface area contributed by atoms with Crippen LogP contribution in [-0.2, 0) is 26.8 Å². The van der Waals surface area contributed by atoms with Gasteiger partial charge in [-0.15, -0.1) is 0 Å². The van der Waals surface area contributed by atoms with E-state index in [1.54, 1.807) is 45.0 Å². The first-order valence-corrected chi connectivity index (χ1v) is 17.4. The van der Waals surface area contributed by atoms with Gasteiger partial charge >= 0.3 is 22.3 Å². The smallest absolute Gasteiger partial charge is 0.407 e. The fraction of sp³-hybridized carbons (Fsp3) is 0.500. The molecular formula is C34H46N4O8S. The van der Waals surface area contributed by atoms with Gasteiger partial charge in [-0.25, -0.2) is 14.3 Å². The van der Waals surface area contributed by atoms with Gasteiger partial charge in [0, 0.05) is 49.2 Å². The van der Waals surface area contributed by atoms with Crippen LogP contribution in [0.1, 0.15) is 87.6 Å². The molecule has 2 aromatic carbocycles. The van der Waals surface area contributed by atoms with Crippen LogP contribution in [0.5, 0.6) is 5.75 Å². The lowest BCUT2D eigenvalue weighted by Crippen LogP contribution is -2.42. The Labute approximate surface area is 276 Å². The first-order chi connectivity index (χ1) is 22.2. The molecule has 1 fully saturated rings. The zero-order valence-corrected chi connectivity index (χ0v) is 28.6. The Balaban J connectivity index is 1.54. The molecule has 1 aromatic heterocycles. The molecule has 0 atom stereocenters. The third kappa shape index (κ3) is 9.25. The largest absolute Gasteiger partial charge is 0.481 e. The van der Waals surface area contributed by atoms with Gasteiger partial charge in [-0.3, -0.25) is 4.79 Å². The Morgan fingerprint density at radius 2 is 1.74 bits per heavy atom. The number of aromatic nitrogens is 1. The van der Waals surface area contributed by atoms with Crippen LogP contribution in [-0.4, -0.2) is 72.7 Å². The molecule has 256 valence electrons. The summed E-state index contributed by atoms with van der Waals surface area (Å²) >= 11 is 0. The minimum atomic E-state index is -4.13. The number of carboxylic acid groups (broad SMARTS) is 1. The zero-order valence-electron chi connectivity index (χ0n) is 27.8. The highest BCUT2D eigenvalue weighted by Gasteiger charge is 2.28. The molecule has 1 saturated carbocycles. The molecule has 0 radical (unpaired) electrons. The van der Waals surface area contributed by atoms with E-state index in [9.17, 15) is 27.9 Å². The Morgan fingerprint density at radius 3 is 2.43 bits per heavy atom. The van der Waals surface area contributed by atoms with Crippen molar-refractivity contribution in [3.8, 4) is 17.0 Å². The van der Waals surface area contributed by atoms with Gasteiger partial charge in [0.1, 0.15) is 11.4 Å². The summed E-state index contributed by atoms with van der Waals surface area (Å²) in [6.07, 6.45) is 5.84. The van der Waals surface area contributed by atoms with E-state index in [4.69, 9.17) is 9.47 Å². The Bertz CT molecular complexity index is 1700. The molecule has 0 saturated heterocycles. The number of carbonyl (C=O) groups excluding carboxylic acids is 2. The molecule has 47 heavy (non-hydrogen) atoms. The third-order valence-electron chi connectivity index (χ3n) is 8.21. The summed E-state index contributed by atoms with van der Waals surface area (Å²) in [5, 5.41) is 12.8. The lowest BCUT2D eigenvalue weighted by atomic mass is 9.81. The Morgan fingerprint density at radius 1 is 1.04 bits per heavy atom. The summed E-state index contributed by atoms with van der Waals surface area (Å²) < 4.78 is 42.1. The van der Waals surface area contributed by atoms with E-state index in [2.05, 4.69) is 10.0 Å². The second-order valence-corrected chi connectivity index (χ2v) is 14.7. The standard InChI is InChI=1S/C34H46N4O8S/c1-34(2,3)46-33(42)35-19-11-12-20-37(4)47(43,44)36-32(41)24-17-18-25-27(21-24)38(5)31(30(25)23-13-7-6-8-14-23)26-15-9-10-16-28(26)45-22-29(39)40/h9-10,15-18,21,23H,6-8,11-14,19-20,22H2,1-5H3,(H,35,42)(H,36,41)(H,39,40).